The first-order valence-electron chi connectivity index (χ1n) is 3.52. The van der Waals surface area contributed by atoms with Crippen molar-refractivity contribution in [2.45, 2.75) is 6.92 Å². The summed E-state index contributed by atoms with van der Waals surface area (Å²) >= 11 is 0. The number of hydrogen-bond acceptors (Lipinski definition) is 1. The van der Waals surface area contributed by atoms with Gasteiger partial charge in [-0.25, -0.2) is 8.78 Å². The van der Waals surface area contributed by atoms with Crippen molar-refractivity contribution in [3.8, 4) is 0 Å². The molecule has 2 rings (SSSR count). The van der Waals surface area contributed by atoms with Crippen LogP contribution in [-0.2, 0) is 0 Å². The van der Waals surface area contributed by atoms with Crippen LogP contribution in [0, 0.1) is 18.6 Å². The molecule has 0 bridgehead atoms. The molecule has 0 N–H and O–H groups in total. The quantitative estimate of drug-likeness (QED) is 0.589. The fraction of sp³-hybridized carbons (Fsp3) is 0.111. The Bertz CT molecular complexity index is 431. The number of halogens is 2. The van der Waals surface area contributed by atoms with Crippen molar-refractivity contribution < 1.29 is 13.2 Å². The molecule has 0 atom stereocenters. The van der Waals surface area contributed by atoms with Crippen LogP contribution in [0.3, 0.4) is 0 Å². The van der Waals surface area contributed by atoms with Gasteiger partial charge in [0.1, 0.15) is 5.82 Å². The molecular weight excluding hydrogens is 162 g/mol. The molecule has 1 aromatic carbocycles. The van der Waals surface area contributed by atoms with Gasteiger partial charge < -0.3 is 4.42 Å². The van der Waals surface area contributed by atoms with Crippen LogP contribution < -0.4 is 0 Å². The van der Waals surface area contributed by atoms with Crippen molar-refractivity contribution in [2.24, 2.45) is 0 Å². The van der Waals surface area contributed by atoms with Crippen LogP contribution in [0.5, 0.6) is 0 Å². The van der Waals surface area contributed by atoms with Crippen LogP contribution in [0.2, 0.25) is 0 Å². The zero-order valence-electron chi connectivity index (χ0n) is 6.40. The molecule has 0 aliphatic rings. The molecule has 12 heavy (non-hydrogen) atoms. The molecule has 0 fully saturated rings. The molecule has 2 aromatic rings. The fourth-order valence-electron chi connectivity index (χ4n) is 1.20. The second-order valence-corrected chi connectivity index (χ2v) is 2.65. The Morgan fingerprint density at radius 2 is 2.08 bits per heavy atom. The van der Waals surface area contributed by atoms with Gasteiger partial charge in [-0.1, -0.05) is 0 Å². The van der Waals surface area contributed by atoms with E-state index in [4.69, 9.17) is 4.42 Å². The van der Waals surface area contributed by atoms with Gasteiger partial charge in [0.15, 0.2) is 11.4 Å². The molecule has 0 radical (unpaired) electrons. The van der Waals surface area contributed by atoms with E-state index in [0.29, 0.717) is 5.56 Å². The van der Waals surface area contributed by atoms with E-state index in [1.54, 1.807) is 0 Å². The number of furan rings is 1. The van der Waals surface area contributed by atoms with Gasteiger partial charge in [-0.05, 0) is 24.6 Å². The highest BCUT2D eigenvalue weighted by molar-refractivity contribution is 5.79. The number of fused-ring (bicyclic) bond motifs is 1. The van der Waals surface area contributed by atoms with Gasteiger partial charge in [-0.2, -0.15) is 0 Å². The summed E-state index contributed by atoms with van der Waals surface area (Å²) in [5.74, 6) is -0.936. The summed E-state index contributed by atoms with van der Waals surface area (Å²) in [7, 11) is 0. The van der Waals surface area contributed by atoms with Crippen LogP contribution in [-0.4, -0.2) is 0 Å². The zero-order valence-corrected chi connectivity index (χ0v) is 6.40. The largest absolute Gasteiger partial charge is 0.461 e. The van der Waals surface area contributed by atoms with Crippen molar-refractivity contribution in [3.05, 3.63) is 35.6 Å². The van der Waals surface area contributed by atoms with Crippen LogP contribution in [0.15, 0.2) is 22.8 Å². The predicted octanol–water partition coefficient (Wildman–Crippen LogP) is 3.02. The summed E-state index contributed by atoms with van der Waals surface area (Å²) < 4.78 is 31.0. The molecule has 0 aliphatic heterocycles. The molecule has 0 saturated carbocycles. The monoisotopic (exact) mass is 168 g/mol. The molecule has 62 valence electrons. The first kappa shape index (κ1) is 7.28. The number of rotatable bonds is 0. The number of aryl methyl sites for hydroxylation is 1. The van der Waals surface area contributed by atoms with Gasteiger partial charge in [0.05, 0.1) is 11.6 Å². The summed E-state index contributed by atoms with van der Waals surface area (Å²) in [5, 5.41) is 0.201. The van der Waals surface area contributed by atoms with Gasteiger partial charge in [-0.15, -0.1) is 0 Å². The minimum Gasteiger partial charge on any atom is -0.461 e. The van der Waals surface area contributed by atoms with E-state index in [-0.39, 0.29) is 11.0 Å². The van der Waals surface area contributed by atoms with Crippen LogP contribution in [0.25, 0.3) is 11.0 Å². The van der Waals surface area contributed by atoms with E-state index in [0.717, 1.165) is 6.07 Å². The molecular formula is C9H6F2O. The van der Waals surface area contributed by atoms with Crippen LogP contribution >= 0.6 is 0 Å². The SMILES string of the molecule is Cc1cc(F)c2occc2c1F. The molecule has 0 spiro atoms. The average molecular weight is 168 g/mol. The van der Waals surface area contributed by atoms with Gasteiger partial charge >= 0.3 is 0 Å². The topological polar surface area (TPSA) is 13.1 Å². The van der Waals surface area contributed by atoms with Gasteiger partial charge in [0.25, 0.3) is 0 Å². The molecule has 1 aromatic heterocycles. The molecule has 0 aliphatic carbocycles. The first-order chi connectivity index (χ1) is 5.70. The smallest absolute Gasteiger partial charge is 0.172 e. The molecule has 3 heteroatoms. The zero-order chi connectivity index (χ0) is 8.72. The second-order valence-electron chi connectivity index (χ2n) is 2.65. The van der Waals surface area contributed by atoms with E-state index < -0.39 is 11.6 Å². The lowest BCUT2D eigenvalue weighted by Gasteiger charge is -1.97. The molecule has 0 saturated heterocycles. The van der Waals surface area contributed by atoms with Crippen molar-refractivity contribution in [3.63, 3.8) is 0 Å². The summed E-state index contributed by atoms with van der Waals surface area (Å²) in [6.07, 6.45) is 1.27. The number of benzene rings is 1. The fourth-order valence-corrected chi connectivity index (χ4v) is 1.20. The highest BCUT2D eigenvalue weighted by atomic mass is 19.1. The van der Waals surface area contributed by atoms with Crippen molar-refractivity contribution in [1.82, 2.24) is 0 Å². The summed E-state index contributed by atoms with van der Waals surface area (Å²) in [6, 6.07) is 2.54. The maximum atomic E-state index is 13.2. The van der Waals surface area contributed by atoms with E-state index in [1.165, 1.54) is 19.3 Å². The standard InChI is InChI=1S/C9H6F2O/c1-5-4-7(10)9-6(8(5)11)2-3-12-9/h2-4H,1H3. The Kier molecular flexibility index (Phi) is 1.40. The Hall–Kier alpha value is -1.38. The van der Waals surface area contributed by atoms with Crippen molar-refractivity contribution in [1.29, 1.82) is 0 Å². The molecule has 1 nitrogen and oxygen atoms in total. The lowest BCUT2D eigenvalue weighted by atomic mass is 10.1. The van der Waals surface area contributed by atoms with E-state index in [1.807, 2.05) is 0 Å². The van der Waals surface area contributed by atoms with Gasteiger partial charge in [0, 0.05) is 0 Å². The van der Waals surface area contributed by atoms with E-state index in [2.05, 4.69) is 0 Å². The highest BCUT2D eigenvalue weighted by Gasteiger charge is 2.11. The van der Waals surface area contributed by atoms with Crippen LogP contribution in [0.1, 0.15) is 5.56 Å². The number of hydrogen-bond donors (Lipinski definition) is 0. The van der Waals surface area contributed by atoms with E-state index in [9.17, 15) is 8.78 Å². The normalized spacial score (nSPS) is 10.9. The third-order valence-corrected chi connectivity index (χ3v) is 1.81. The Morgan fingerprint density at radius 1 is 1.33 bits per heavy atom. The third kappa shape index (κ3) is 0.826. The van der Waals surface area contributed by atoms with Crippen molar-refractivity contribution >= 4 is 11.0 Å². The minimum atomic E-state index is -0.520. The third-order valence-electron chi connectivity index (χ3n) is 1.81. The maximum Gasteiger partial charge on any atom is 0.172 e. The molecule has 0 unspecified atom stereocenters. The van der Waals surface area contributed by atoms with Crippen molar-refractivity contribution in [2.75, 3.05) is 0 Å². The summed E-state index contributed by atoms with van der Waals surface area (Å²) in [4.78, 5) is 0. The maximum absolute atomic E-state index is 13.2. The Labute approximate surface area is 67.6 Å². The summed E-state index contributed by atoms with van der Waals surface area (Å²) in [6.45, 7) is 1.52. The predicted molar refractivity (Wildman–Crippen MR) is 40.9 cm³/mol. The second kappa shape index (κ2) is 2.30. The van der Waals surface area contributed by atoms with E-state index >= 15 is 0 Å². The molecule has 1 heterocycles. The average Bonchev–Trinajstić information content (AvgIpc) is 2.48. The summed E-state index contributed by atoms with van der Waals surface area (Å²) in [5.41, 5.74) is 0.277. The highest BCUT2D eigenvalue weighted by Crippen LogP contribution is 2.24. The lowest BCUT2D eigenvalue weighted by Crippen LogP contribution is -1.85. The Balaban J connectivity index is 2.97. The molecule has 0 amide bonds. The first-order valence-corrected chi connectivity index (χ1v) is 3.52. The minimum absolute atomic E-state index is 0.0156. The Morgan fingerprint density at radius 3 is 2.83 bits per heavy atom. The van der Waals surface area contributed by atoms with Gasteiger partial charge in [0.2, 0.25) is 0 Å². The lowest BCUT2D eigenvalue weighted by molar-refractivity contribution is 0.553. The van der Waals surface area contributed by atoms with Gasteiger partial charge in [-0.3, -0.25) is 0 Å². The van der Waals surface area contributed by atoms with Crippen LogP contribution in [0.4, 0.5) is 8.78 Å².